The summed E-state index contributed by atoms with van der Waals surface area (Å²) in [5.74, 6) is 0. The number of nitrogens with zero attached hydrogens (tertiary/aromatic N) is 2. The van der Waals surface area contributed by atoms with E-state index in [2.05, 4.69) is 0 Å². The molecule has 0 saturated heterocycles. The van der Waals surface area contributed by atoms with Crippen LogP contribution in [0.15, 0.2) is 29.2 Å². The fraction of sp³-hybridized carbons (Fsp3) is 0.312. The van der Waals surface area contributed by atoms with Gasteiger partial charge in [-0.25, -0.2) is 12.4 Å². The Balaban J connectivity index is 2.77. The number of hydrogen-bond donors (Lipinski definition) is 0. The fourth-order valence-corrected chi connectivity index (χ4v) is 4.20. The van der Waals surface area contributed by atoms with Crippen LogP contribution in [-0.4, -0.2) is 12.4 Å². The second kappa shape index (κ2) is 5.38. The van der Waals surface area contributed by atoms with Crippen molar-refractivity contribution >= 4 is 10.0 Å². The highest BCUT2D eigenvalue weighted by Gasteiger charge is 2.26. The molecule has 0 fully saturated rings. The maximum atomic E-state index is 12.8. The van der Waals surface area contributed by atoms with E-state index in [0.717, 1.165) is 16.7 Å². The zero-order valence-electron chi connectivity index (χ0n) is 12.6. The fourth-order valence-electron chi connectivity index (χ4n) is 2.62. The second-order valence-electron chi connectivity index (χ2n) is 5.09. The molecule has 2 rings (SSSR count). The summed E-state index contributed by atoms with van der Waals surface area (Å²) in [6.45, 7) is 7.40. The molecule has 0 aliphatic carbocycles. The van der Waals surface area contributed by atoms with E-state index < -0.39 is 10.0 Å². The first-order chi connectivity index (χ1) is 9.84. The molecule has 0 aliphatic rings. The predicted molar refractivity (Wildman–Crippen MR) is 81.8 cm³/mol. The molecule has 0 aliphatic heterocycles. The van der Waals surface area contributed by atoms with Crippen molar-refractivity contribution in [2.75, 3.05) is 0 Å². The van der Waals surface area contributed by atoms with Crippen LogP contribution in [0.2, 0.25) is 0 Å². The summed E-state index contributed by atoms with van der Waals surface area (Å²) < 4.78 is 26.9. The summed E-state index contributed by atoms with van der Waals surface area (Å²) in [5.41, 5.74) is 3.47. The highest BCUT2D eigenvalue weighted by Crippen LogP contribution is 2.27. The molecular formula is C16H18N2O2S. The van der Waals surface area contributed by atoms with Crippen molar-refractivity contribution < 1.29 is 8.42 Å². The third-order valence-corrected chi connectivity index (χ3v) is 5.58. The average Bonchev–Trinajstić information content (AvgIpc) is 2.69. The van der Waals surface area contributed by atoms with Gasteiger partial charge < -0.3 is 0 Å². The summed E-state index contributed by atoms with van der Waals surface area (Å²) in [6, 6.07) is 8.69. The first-order valence-electron chi connectivity index (χ1n) is 6.77. The summed E-state index contributed by atoms with van der Waals surface area (Å²) in [5, 5.41) is 9.35. The maximum absolute atomic E-state index is 12.8. The van der Waals surface area contributed by atoms with Crippen LogP contribution >= 0.6 is 0 Å². The number of nitriles is 1. The van der Waals surface area contributed by atoms with Crippen molar-refractivity contribution in [3.63, 3.8) is 0 Å². The monoisotopic (exact) mass is 302 g/mol. The van der Waals surface area contributed by atoms with Crippen LogP contribution in [0, 0.1) is 32.1 Å². The molecule has 5 heteroatoms. The predicted octanol–water partition coefficient (Wildman–Crippen LogP) is 3.08. The van der Waals surface area contributed by atoms with Gasteiger partial charge in [-0.15, -0.1) is 0 Å². The Hall–Kier alpha value is -2.06. The van der Waals surface area contributed by atoms with Crippen LogP contribution in [0.25, 0.3) is 0 Å². The molecule has 110 valence electrons. The maximum Gasteiger partial charge on any atom is 0.268 e. The lowest BCUT2D eigenvalue weighted by Gasteiger charge is -2.10. The molecule has 0 saturated carbocycles. The number of hydrogen-bond acceptors (Lipinski definition) is 3. The van der Waals surface area contributed by atoms with Gasteiger partial charge in [0.2, 0.25) is 0 Å². The molecule has 2 aromatic rings. The van der Waals surface area contributed by atoms with Gasteiger partial charge in [-0.3, -0.25) is 0 Å². The molecule has 0 unspecified atom stereocenters. The third-order valence-electron chi connectivity index (χ3n) is 3.77. The molecule has 21 heavy (non-hydrogen) atoms. The third kappa shape index (κ3) is 2.36. The highest BCUT2D eigenvalue weighted by molar-refractivity contribution is 7.90. The lowest BCUT2D eigenvalue weighted by atomic mass is 10.1. The van der Waals surface area contributed by atoms with Gasteiger partial charge in [0, 0.05) is 5.69 Å². The minimum Gasteiger partial charge on any atom is -0.228 e. The largest absolute Gasteiger partial charge is 0.268 e. The van der Waals surface area contributed by atoms with E-state index in [-0.39, 0.29) is 10.6 Å². The Labute approximate surface area is 125 Å². The van der Waals surface area contributed by atoms with E-state index in [4.69, 9.17) is 0 Å². The molecule has 0 bridgehead atoms. The molecule has 0 spiro atoms. The molecule has 0 atom stereocenters. The first kappa shape index (κ1) is 15.3. The molecule has 0 N–H and O–H groups in total. The van der Waals surface area contributed by atoms with Gasteiger partial charge in [0.25, 0.3) is 10.0 Å². The SMILES string of the molecule is CCc1c(C)c(C#N)n(S(=O)(=O)c2ccc(C)cc2)c1C. The smallest absolute Gasteiger partial charge is 0.228 e. The number of aromatic nitrogens is 1. The first-order valence-corrected chi connectivity index (χ1v) is 8.21. The molecule has 1 heterocycles. The quantitative estimate of drug-likeness (QED) is 0.875. The summed E-state index contributed by atoms with van der Waals surface area (Å²) >= 11 is 0. The topological polar surface area (TPSA) is 62.9 Å². The lowest BCUT2D eigenvalue weighted by Crippen LogP contribution is -2.16. The molecular weight excluding hydrogens is 284 g/mol. The zero-order chi connectivity index (χ0) is 15.8. The van der Waals surface area contributed by atoms with E-state index in [0.29, 0.717) is 12.1 Å². The summed E-state index contributed by atoms with van der Waals surface area (Å²) in [7, 11) is -3.75. The van der Waals surface area contributed by atoms with E-state index in [1.54, 1.807) is 38.1 Å². The van der Waals surface area contributed by atoms with Crippen molar-refractivity contribution in [3.05, 3.63) is 52.3 Å². The van der Waals surface area contributed by atoms with Crippen molar-refractivity contribution in [2.24, 2.45) is 0 Å². The van der Waals surface area contributed by atoms with Crippen molar-refractivity contribution in [3.8, 4) is 6.07 Å². The van der Waals surface area contributed by atoms with Gasteiger partial charge >= 0.3 is 0 Å². The molecule has 4 nitrogen and oxygen atoms in total. The van der Waals surface area contributed by atoms with Crippen molar-refractivity contribution in [2.45, 2.75) is 39.0 Å². The van der Waals surface area contributed by atoms with Crippen LogP contribution in [0.1, 0.15) is 35.0 Å². The van der Waals surface area contributed by atoms with E-state index in [9.17, 15) is 13.7 Å². The lowest BCUT2D eigenvalue weighted by molar-refractivity contribution is 0.585. The Bertz CT molecular complexity index is 823. The number of rotatable bonds is 3. The van der Waals surface area contributed by atoms with Gasteiger partial charge in [0.05, 0.1) is 4.90 Å². The van der Waals surface area contributed by atoms with Gasteiger partial charge in [0.15, 0.2) is 0 Å². The van der Waals surface area contributed by atoms with Gasteiger partial charge in [-0.1, -0.05) is 24.6 Å². The normalized spacial score (nSPS) is 11.4. The van der Waals surface area contributed by atoms with Gasteiger partial charge in [-0.05, 0) is 50.5 Å². The van der Waals surface area contributed by atoms with Crippen LogP contribution in [-0.2, 0) is 16.4 Å². The molecule has 1 aromatic heterocycles. The van der Waals surface area contributed by atoms with Crippen molar-refractivity contribution in [1.29, 1.82) is 5.26 Å². The molecule has 0 radical (unpaired) electrons. The Morgan fingerprint density at radius 3 is 2.19 bits per heavy atom. The van der Waals surface area contributed by atoms with E-state index >= 15 is 0 Å². The van der Waals surface area contributed by atoms with Crippen LogP contribution < -0.4 is 0 Å². The average molecular weight is 302 g/mol. The zero-order valence-corrected chi connectivity index (χ0v) is 13.5. The summed E-state index contributed by atoms with van der Waals surface area (Å²) in [4.78, 5) is 0.199. The number of benzene rings is 1. The minimum absolute atomic E-state index is 0.199. The van der Waals surface area contributed by atoms with E-state index in [1.165, 1.54) is 3.97 Å². The highest BCUT2D eigenvalue weighted by atomic mass is 32.2. The van der Waals surface area contributed by atoms with Gasteiger partial charge in [-0.2, -0.15) is 5.26 Å². The van der Waals surface area contributed by atoms with Crippen LogP contribution in [0.4, 0.5) is 0 Å². The Morgan fingerprint density at radius 2 is 1.71 bits per heavy atom. The standard InChI is InChI=1S/C16H18N2O2S/c1-5-15-12(3)16(10-17)18(13(15)4)21(19,20)14-8-6-11(2)7-9-14/h6-9H,5H2,1-4H3. The van der Waals surface area contributed by atoms with Crippen LogP contribution in [0.5, 0.6) is 0 Å². The Morgan fingerprint density at radius 1 is 1.14 bits per heavy atom. The van der Waals surface area contributed by atoms with Gasteiger partial charge in [0.1, 0.15) is 11.8 Å². The van der Waals surface area contributed by atoms with E-state index in [1.807, 2.05) is 19.9 Å². The number of aryl methyl sites for hydroxylation is 1. The molecule has 0 amide bonds. The minimum atomic E-state index is -3.75. The Kier molecular flexibility index (Phi) is 3.93. The van der Waals surface area contributed by atoms with Crippen molar-refractivity contribution in [1.82, 2.24) is 3.97 Å². The van der Waals surface area contributed by atoms with Crippen LogP contribution in [0.3, 0.4) is 0 Å². The second-order valence-corrected chi connectivity index (χ2v) is 6.87. The summed E-state index contributed by atoms with van der Waals surface area (Å²) in [6.07, 6.45) is 0.697. The molecule has 1 aromatic carbocycles.